The van der Waals surface area contributed by atoms with Crippen LogP contribution >= 0.6 is 11.6 Å². The maximum atomic E-state index is 8.80. The zero-order chi connectivity index (χ0) is 15.1. The van der Waals surface area contributed by atoms with Crippen molar-refractivity contribution in [1.82, 2.24) is 0 Å². The largest absolute Gasteiger partial charge is 0.490 e. The van der Waals surface area contributed by atoms with Crippen molar-refractivity contribution in [3.63, 3.8) is 0 Å². The molecule has 0 saturated heterocycles. The van der Waals surface area contributed by atoms with Crippen LogP contribution in [-0.2, 0) is 6.54 Å². The Bertz CT molecular complexity index is 659. The summed E-state index contributed by atoms with van der Waals surface area (Å²) in [5, 5.41) is 12.6. The smallest absolute Gasteiger partial charge is 0.119 e. The average molecular weight is 299 g/mol. The molecular formula is C17H15ClN2O. The van der Waals surface area contributed by atoms with Crippen LogP contribution in [0.2, 0.25) is 5.02 Å². The lowest BCUT2D eigenvalue weighted by Gasteiger charge is -2.09. The van der Waals surface area contributed by atoms with Crippen LogP contribution in [-0.4, -0.2) is 6.61 Å². The van der Waals surface area contributed by atoms with Crippen LogP contribution in [0, 0.1) is 11.3 Å². The van der Waals surface area contributed by atoms with E-state index in [4.69, 9.17) is 21.6 Å². The summed E-state index contributed by atoms with van der Waals surface area (Å²) in [5.74, 6) is 0.815. The van der Waals surface area contributed by atoms with Crippen molar-refractivity contribution in [2.45, 2.75) is 6.54 Å². The fourth-order valence-corrected chi connectivity index (χ4v) is 2.03. The zero-order valence-corrected chi connectivity index (χ0v) is 12.2. The van der Waals surface area contributed by atoms with Gasteiger partial charge in [0, 0.05) is 6.54 Å². The highest BCUT2D eigenvalue weighted by Crippen LogP contribution is 2.23. The van der Waals surface area contributed by atoms with Gasteiger partial charge < -0.3 is 10.1 Å². The number of anilines is 1. The minimum atomic E-state index is 0.498. The minimum absolute atomic E-state index is 0.498. The Morgan fingerprint density at radius 1 is 1.24 bits per heavy atom. The third-order valence-electron chi connectivity index (χ3n) is 2.87. The van der Waals surface area contributed by atoms with Gasteiger partial charge >= 0.3 is 0 Å². The number of hydrogen-bond acceptors (Lipinski definition) is 3. The van der Waals surface area contributed by atoms with E-state index in [-0.39, 0.29) is 0 Å². The Morgan fingerprint density at radius 3 is 2.62 bits per heavy atom. The van der Waals surface area contributed by atoms with E-state index in [1.54, 1.807) is 18.2 Å². The van der Waals surface area contributed by atoms with Crippen LogP contribution in [0.1, 0.15) is 11.1 Å². The fraction of sp³-hybridized carbons (Fsp3) is 0.118. The van der Waals surface area contributed by atoms with E-state index in [1.807, 2.05) is 30.3 Å². The molecule has 0 aromatic heterocycles. The highest BCUT2D eigenvalue weighted by Gasteiger charge is 2.02. The summed E-state index contributed by atoms with van der Waals surface area (Å²) >= 11 is 6.11. The van der Waals surface area contributed by atoms with E-state index in [9.17, 15) is 0 Å². The highest BCUT2D eigenvalue weighted by atomic mass is 35.5. The number of benzene rings is 2. The van der Waals surface area contributed by atoms with Crippen molar-refractivity contribution >= 4 is 17.3 Å². The van der Waals surface area contributed by atoms with Gasteiger partial charge in [0.25, 0.3) is 0 Å². The monoisotopic (exact) mass is 298 g/mol. The van der Waals surface area contributed by atoms with Gasteiger partial charge in [-0.2, -0.15) is 5.26 Å². The average Bonchev–Trinajstić information content (AvgIpc) is 2.52. The molecule has 0 radical (unpaired) electrons. The molecule has 0 amide bonds. The molecule has 0 unspecified atom stereocenters. The molecule has 0 aliphatic rings. The van der Waals surface area contributed by atoms with Crippen molar-refractivity contribution in [3.8, 4) is 11.8 Å². The molecule has 0 spiro atoms. The summed E-state index contributed by atoms with van der Waals surface area (Å²) in [7, 11) is 0. The van der Waals surface area contributed by atoms with Crippen molar-refractivity contribution in [1.29, 1.82) is 5.26 Å². The Balaban J connectivity index is 1.96. The van der Waals surface area contributed by atoms with E-state index in [0.29, 0.717) is 23.7 Å². The Hall–Kier alpha value is -2.44. The molecule has 0 fully saturated rings. The van der Waals surface area contributed by atoms with Crippen LogP contribution < -0.4 is 10.1 Å². The molecule has 2 rings (SSSR count). The van der Waals surface area contributed by atoms with Crippen LogP contribution in [0.5, 0.6) is 5.75 Å². The minimum Gasteiger partial charge on any atom is -0.490 e. The van der Waals surface area contributed by atoms with Gasteiger partial charge in [0.1, 0.15) is 12.4 Å². The summed E-state index contributed by atoms with van der Waals surface area (Å²) in [6.45, 7) is 4.75. The van der Waals surface area contributed by atoms with Gasteiger partial charge in [-0.05, 0) is 35.9 Å². The number of ether oxygens (including phenoxy) is 1. The molecule has 4 heteroatoms. The van der Waals surface area contributed by atoms with Crippen molar-refractivity contribution in [2.24, 2.45) is 0 Å². The lowest BCUT2D eigenvalue weighted by molar-refractivity contribution is 0.363. The third-order valence-corrected chi connectivity index (χ3v) is 3.19. The first kappa shape index (κ1) is 15.0. The quantitative estimate of drug-likeness (QED) is 0.805. The van der Waals surface area contributed by atoms with Crippen LogP contribution in [0.15, 0.2) is 55.1 Å². The third kappa shape index (κ3) is 4.27. The molecular weight excluding hydrogens is 284 g/mol. The first-order chi connectivity index (χ1) is 10.2. The summed E-state index contributed by atoms with van der Waals surface area (Å²) in [6, 6.07) is 15.1. The van der Waals surface area contributed by atoms with Gasteiger partial charge in [-0.25, -0.2) is 0 Å². The van der Waals surface area contributed by atoms with Crippen LogP contribution in [0.4, 0.5) is 5.69 Å². The summed E-state index contributed by atoms with van der Waals surface area (Å²) in [4.78, 5) is 0. The molecule has 0 heterocycles. The van der Waals surface area contributed by atoms with Gasteiger partial charge in [0.2, 0.25) is 0 Å². The predicted molar refractivity (Wildman–Crippen MR) is 85.6 cm³/mol. The SMILES string of the molecule is C=CCOc1ccc(CNc2ccc(C#N)cc2Cl)cc1. The number of nitriles is 1. The molecule has 0 atom stereocenters. The molecule has 3 nitrogen and oxygen atoms in total. The molecule has 106 valence electrons. The van der Waals surface area contributed by atoms with Gasteiger partial charge in [0.15, 0.2) is 0 Å². The first-order valence-electron chi connectivity index (χ1n) is 6.49. The lowest BCUT2D eigenvalue weighted by atomic mass is 10.2. The van der Waals surface area contributed by atoms with Gasteiger partial charge in [-0.3, -0.25) is 0 Å². The van der Waals surface area contributed by atoms with Crippen LogP contribution in [0.25, 0.3) is 0 Å². The van der Waals surface area contributed by atoms with E-state index >= 15 is 0 Å². The number of nitrogens with one attached hydrogen (secondary N) is 1. The number of rotatable bonds is 6. The van der Waals surface area contributed by atoms with E-state index in [1.165, 1.54) is 0 Å². The second-order valence-electron chi connectivity index (χ2n) is 4.40. The van der Waals surface area contributed by atoms with E-state index < -0.39 is 0 Å². The summed E-state index contributed by atoms with van der Waals surface area (Å²) in [6.07, 6.45) is 1.71. The normalized spacial score (nSPS) is 9.71. The predicted octanol–water partition coefficient (Wildman–Crippen LogP) is 4.39. The maximum Gasteiger partial charge on any atom is 0.119 e. The van der Waals surface area contributed by atoms with Crippen LogP contribution in [0.3, 0.4) is 0 Å². The molecule has 0 bridgehead atoms. The molecule has 0 aliphatic heterocycles. The lowest BCUT2D eigenvalue weighted by Crippen LogP contribution is -2.00. The second kappa shape index (κ2) is 7.37. The Kier molecular flexibility index (Phi) is 5.25. The summed E-state index contributed by atoms with van der Waals surface area (Å²) in [5.41, 5.74) is 2.47. The summed E-state index contributed by atoms with van der Waals surface area (Å²) < 4.78 is 5.43. The highest BCUT2D eigenvalue weighted by molar-refractivity contribution is 6.33. The number of nitrogens with zero attached hydrogens (tertiary/aromatic N) is 1. The molecule has 0 aliphatic carbocycles. The van der Waals surface area contributed by atoms with Crippen molar-refractivity contribution in [2.75, 3.05) is 11.9 Å². The molecule has 1 N–H and O–H groups in total. The van der Waals surface area contributed by atoms with Gasteiger partial charge in [0.05, 0.1) is 22.3 Å². The van der Waals surface area contributed by atoms with Gasteiger partial charge in [-0.15, -0.1) is 0 Å². The number of halogens is 1. The van der Waals surface area contributed by atoms with E-state index in [2.05, 4.69) is 18.0 Å². The van der Waals surface area contributed by atoms with Gasteiger partial charge in [-0.1, -0.05) is 36.4 Å². The van der Waals surface area contributed by atoms with Crippen molar-refractivity contribution < 1.29 is 4.74 Å². The standard InChI is InChI=1S/C17H15ClN2O/c1-2-9-21-15-6-3-13(4-7-15)12-20-17-8-5-14(11-19)10-16(17)18/h2-8,10,20H,1,9,12H2. The number of hydrogen-bond donors (Lipinski definition) is 1. The first-order valence-corrected chi connectivity index (χ1v) is 6.87. The Morgan fingerprint density at radius 2 is 2.00 bits per heavy atom. The van der Waals surface area contributed by atoms with E-state index in [0.717, 1.165) is 17.0 Å². The topological polar surface area (TPSA) is 45.0 Å². The Labute approximate surface area is 129 Å². The molecule has 2 aromatic carbocycles. The zero-order valence-electron chi connectivity index (χ0n) is 11.5. The fourth-order valence-electron chi connectivity index (χ4n) is 1.78. The second-order valence-corrected chi connectivity index (χ2v) is 4.81. The molecule has 0 saturated carbocycles. The van der Waals surface area contributed by atoms with Crippen molar-refractivity contribution in [3.05, 3.63) is 71.3 Å². The molecule has 21 heavy (non-hydrogen) atoms. The maximum absolute atomic E-state index is 8.80. The molecule has 2 aromatic rings.